The molecule has 2 aromatic rings. The second kappa shape index (κ2) is 6.63. The summed E-state index contributed by atoms with van der Waals surface area (Å²) in [7, 11) is 0. The highest BCUT2D eigenvalue weighted by molar-refractivity contribution is 7.11. The van der Waals surface area contributed by atoms with Gasteiger partial charge in [0, 0.05) is 35.3 Å². The van der Waals surface area contributed by atoms with Gasteiger partial charge in [-0.05, 0) is 23.8 Å². The van der Waals surface area contributed by atoms with E-state index in [1.807, 2.05) is 6.07 Å². The third-order valence-electron chi connectivity index (χ3n) is 2.45. The van der Waals surface area contributed by atoms with Crippen LogP contribution in [0.15, 0.2) is 42.0 Å². The number of pyridine rings is 1. The van der Waals surface area contributed by atoms with Gasteiger partial charge in [0.2, 0.25) is 0 Å². The summed E-state index contributed by atoms with van der Waals surface area (Å²) in [6.45, 7) is 0.406. The standard InChI is InChI=1S/C14H12N2O3S/c17-13(18)4-3-12-6-11(9-20-12)14(19)16-8-10-2-1-5-15-7-10/h1-7,9H,8H2,(H,16,19)(H,17,18). The highest BCUT2D eigenvalue weighted by atomic mass is 32.1. The quantitative estimate of drug-likeness (QED) is 0.826. The van der Waals surface area contributed by atoms with Gasteiger partial charge in [-0.2, -0.15) is 0 Å². The summed E-state index contributed by atoms with van der Waals surface area (Å²) in [4.78, 5) is 27.0. The maximum Gasteiger partial charge on any atom is 0.328 e. The first-order valence-corrected chi connectivity index (χ1v) is 6.70. The molecule has 0 aliphatic heterocycles. The van der Waals surface area contributed by atoms with Gasteiger partial charge >= 0.3 is 5.97 Å². The van der Waals surface area contributed by atoms with E-state index in [0.29, 0.717) is 12.1 Å². The summed E-state index contributed by atoms with van der Waals surface area (Å²) in [5.41, 5.74) is 1.44. The highest BCUT2D eigenvalue weighted by Crippen LogP contribution is 2.16. The number of carbonyl (C=O) groups excluding carboxylic acids is 1. The number of aliphatic carboxylic acids is 1. The SMILES string of the molecule is O=C(O)C=Cc1cc(C(=O)NCc2cccnc2)cs1. The predicted octanol–water partition coefficient (Wildman–Crippen LogP) is 2.17. The van der Waals surface area contributed by atoms with Crippen molar-refractivity contribution in [2.75, 3.05) is 0 Å². The number of hydrogen-bond acceptors (Lipinski definition) is 4. The molecule has 0 saturated heterocycles. The van der Waals surface area contributed by atoms with E-state index in [9.17, 15) is 9.59 Å². The number of carbonyl (C=O) groups is 2. The van der Waals surface area contributed by atoms with Gasteiger partial charge in [0.05, 0.1) is 5.56 Å². The Labute approximate surface area is 119 Å². The number of rotatable bonds is 5. The van der Waals surface area contributed by atoms with E-state index in [1.165, 1.54) is 17.4 Å². The molecule has 2 heterocycles. The first-order valence-electron chi connectivity index (χ1n) is 5.82. The van der Waals surface area contributed by atoms with Crippen LogP contribution in [0.1, 0.15) is 20.8 Å². The minimum absolute atomic E-state index is 0.194. The summed E-state index contributed by atoms with van der Waals surface area (Å²) in [6, 6.07) is 5.34. The molecule has 0 aliphatic rings. The third-order valence-corrected chi connectivity index (χ3v) is 3.35. The molecule has 102 valence electrons. The van der Waals surface area contributed by atoms with Crippen LogP contribution >= 0.6 is 11.3 Å². The zero-order valence-corrected chi connectivity index (χ0v) is 11.3. The van der Waals surface area contributed by atoms with Crippen molar-refractivity contribution in [1.29, 1.82) is 0 Å². The van der Waals surface area contributed by atoms with Crippen molar-refractivity contribution in [2.45, 2.75) is 6.54 Å². The molecule has 2 N–H and O–H groups in total. The van der Waals surface area contributed by atoms with E-state index in [-0.39, 0.29) is 5.91 Å². The van der Waals surface area contributed by atoms with Crippen LogP contribution in [0, 0.1) is 0 Å². The first-order chi connectivity index (χ1) is 9.65. The number of nitrogens with one attached hydrogen (secondary N) is 1. The second-order valence-corrected chi connectivity index (χ2v) is 4.90. The van der Waals surface area contributed by atoms with Crippen LogP contribution in [0.25, 0.3) is 6.08 Å². The number of amides is 1. The fraction of sp³-hybridized carbons (Fsp3) is 0.0714. The molecule has 0 radical (unpaired) electrons. The Kier molecular flexibility index (Phi) is 4.62. The Bertz CT molecular complexity index is 635. The number of carboxylic acid groups (broad SMARTS) is 1. The van der Waals surface area contributed by atoms with Crippen molar-refractivity contribution < 1.29 is 14.7 Å². The van der Waals surface area contributed by atoms with Gasteiger partial charge in [-0.25, -0.2) is 4.79 Å². The summed E-state index contributed by atoms with van der Waals surface area (Å²) >= 11 is 1.32. The van der Waals surface area contributed by atoms with Crippen LogP contribution in [0.4, 0.5) is 0 Å². The van der Waals surface area contributed by atoms with Crippen LogP contribution in [0.5, 0.6) is 0 Å². The Morgan fingerprint density at radius 2 is 2.30 bits per heavy atom. The van der Waals surface area contributed by atoms with Crippen LogP contribution in [0.2, 0.25) is 0 Å². The normalized spacial score (nSPS) is 10.6. The number of aromatic nitrogens is 1. The molecular formula is C14H12N2O3S. The average molecular weight is 288 g/mol. The van der Waals surface area contributed by atoms with Gasteiger partial charge in [0.25, 0.3) is 5.91 Å². The van der Waals surface area contributed by atoms with Crippen molar-refractivity contribution in [3.63, 3.8) is 0 Å². The molecule has 2 aromatic heterocycles. The lowest BCUT2D eigenvalue weighted by Gasteiger charge is -2.02. The molecule has 0 fully saturated rings. The fourth-order valence-electron chi connectivity index (χ4n) is 1.50. The van der Waals surface area contributed by atoms with E-state index in [0.717, 1.165) is 16.5 Å². The molecule has 0 atom stereocenters. The van der Waals surface area contributed by atoms with Crippen LogP contribution in [-0.2, 0) is 11.3 Å². The second-order valence-electron chi connectivity index (χ2n) is 3.95. The Hall–Kier alpha value is -2.47. The van der Waals surface area contributed by atoms with Gasteiger partial charge in [-0.15, -0.1) is 11.3 Å². The zero-order chi connectivity index (χ0) is 14.4. The van der Waals surface area contributed by atoms with Gasteiger partial charge in [-0.1, -0.05) is 6.07 Å². The van der Waals surface area contributed by atoms with E-state index in [2.05, 4.69) is 10.3 Å². The van der Waals surface area contributed by atoms with Crippen molar-refractivity contribution in [2.24, 2.45) is 0 Å². The van der Waals surface area contributed by atoms with Crippen LogP contribution < -0.4 is 5.32 Å². The van der Waals surface area contributed by atoms with Crippen molar-refractivity contribution in [3.05, 3.63) is 58.1 Å². The van der Waals surface area contributed by atoms with Crippen LogP contribution in [-0.4, -0.2) is 22.0 Å². The van der Waals surface area contributed by atoms with E-state index < -0.39 is 5.97 Å². The molecule has 1 amide bonds. The first kappa shape index (κ1) is 14.0. The minimum Gasteiger partial charge on any atom is -0.478 e. The third kappa shape index (κ3) is 4.03. The number of nitrogens with zero attached hydrogens (tertiary/aromatic N) is 1. The maximum absolute atomic E-state index is 11.9. The zero-order valence-electron chi connectivity index (χ0n) is 10.4. The Morgan fingerprint density at radius 3 is 3.00 bits per heavy atom. The lowest BCUT2D eigenvalue weighted by Crippen LogP contribution is -2.22. The largest absolute Gasteiger partial charge is 0.478 e. The molecule has 0 aliphatic carbocycles. The number of carboxylic acids is 1. The van der Waals surface area contributed by atoms with E-state index in [4.69, 9.17) is 5.11 Å². The molecular weight excluding hydrogens is 276 g/mol. The molecule has 0 spiro atoms. The lowest BCUT2D eigenvalue weighted by molar-refractivity contribution is -0.131. The molecule has 0 saturated carbocycles. The Balaban J connectivity index is 1.94. The van der Waals surface area contributed by atoms with Gasteiger partial charge in [-0.3, -0.25) is 9.78 Å². The predicted molar refractivity (Wildman–Crippen MR) is 76.4 cm³/mol. The van der Waals surface area contributed by atoms with Crippen molar-refractivity contribution >= 4 is 29.3 Å². The monoisotopic (exact) mass is 288 g/mol. The molecule has 20 heavy (non-hydrogen) atoms. The topological polar surface area (TPSA) is 79.3 Å². The highest BCUT2D eigenvalue weighted by Gasteiger charge is 2.07. The molecule has 0 bridgehead atoms. The molecule has 0 unspecified atom stereocenters. The van der Waals surface area contributed by atoms with Crippen molar-refractivity contribution in [1.82, 2.24) is 10.3 Å². The molecule has 5 nitrogen and oxygen atoms in total. The molecule has 2 rings (SSSR count). The fourth-order valence-corrected chi connectivity index (χ4v) is 2.28. The minimum atomic E-state index is -1.01. The maximum atomic E-state index is 11.9. The molecule has 6 heteroatoms. The van der Waals surface area contributed by atoms with E-state index in [1.54, 1.807) is 29.9 Å². The van der Waals surface area contributed by atoms with E-state index >= 15 is 0 Å². The number of thiophene rings is 1. The summed E-state index contributed by atoms with van der Waals surface area (Å²) in [6.07, 6.45) is 5.87. The lowest BCUT2D eigenvalue weighted by atomic mass is 10.2. The average Bonchev–Trinajstić information content (AvgIpc) is 2.92. The smallest absolute Gasteiger partial charge is 0.328 e. The van der Waals surface area contributed by atoms with Crippen molar-refractivity contribution in [3.8, 4) is 0 Å². The summed E-state index contributed by atoms with van der Waals surface area (Å²) in [5, 5.41) is 13.0. The summed E-state index contributed by atoms with van der Waals surface area (Å²) in [5.74, 6) is -1.21. The molecule has 0 aromatic carbocycles. The van der Waals surface area contributed by atoms with Gasteiger partial charge in [0.1, 0.15) is 0 Å². The van der Waals surface area contributed by atoms with Gasteiger partial charge in [0.15, 0.2) is 0 Å². The Morgan fingerprint density at radius 1 is 1.45 bits per heavy atom. The van der Waals surface area contributed by atoms with Gasteiger partial charge < -0.3 is 10.4 Å². The number of hydrogen-bond donors (Lipinski definition) is 2. The van der Waals surface area contributed by atoms with Crippen LogP contribution in [0.3, 0.4) is 0 Å². The summed E-state index contributed by atoms with van der Waals surface area (Å²) < 4.78 is 0.